The molecular formula is C22H31IN4O2S. The Morgan fingerprint density at radius 1 is 1.07 bits per heavy atom. The number of benzene rings is 2. The van der Waals surface area contributed by atoms with E-state index in [-0.39, 0.29) is 24.0 Å². The molecule has 2 aromatic carbocycles. The number of aliphatic imine (C=N–C) groups is 1. The van der Waals surface area contributed by atoms with Crippen LogP contribution in [0.4, 0.5) is 0 Å². The second kappa shape index (κ2) is 11.7. The average Bonchev–Trinajstić information content (AvgIpc) is 2.75. The summed E-state index contributed by atoms with van der Waals surface area (Å²) in [5.41, 5.74) is 2.46. The Balaban J connectivity index is 0.00000320. The molecule has 1 fully saturated rings. The Morgan fingerprint density at radius 3 is 2.40 bits per heavy atom. The van der Waals surface area contributed by atoms with Gasteiger partial charge in [0, 0.05) is 33.2 Å². The maximum absolute atomic E-state index is 12.7. The quantitative estimate of drug-likeness (QED) is 0.334. The Kier molecular flexibility index (Phi) is 9.57. The fourth-order valence-electron chi connectivity index (χ4n) is 3.56. The Morgan fingerprint density at radius 2 is 1.77 bits per heavy atom. The van der Waals surface area contributed by atoms with Gasteiger partial charge >= 0.3 is 0 Å². The predicted molar refractivity (Wildman–Crippen MR) is 133 cm³/mol. The summed E-state index contributed by atoms with van der Waals surface area (Å²) in [6.07, 6.45) is 1.68. The van der Waals surface area contributed by atoms with Gasteiger partial charge in [-0.05, 0) is 43.4 Å². The molecule has 164 valence electrons. The molecule has 0 unspecified atom stereocenters. The van der Waals surface area contributed by atoms with Crippen LogP contribution in [0.3, 0.4) is 0 Å². The number of halogens is 1. The van der Waals surface area contributed by atoms with Crippen LogP contribution < -0.4 is 10.6 Å². The van der Waals surface area contributed by atoms with Crippen LogP contribution in [0.1, 0.15) is 24.0 Å². The number of nitrogens with one attached hydrogen (secondary N) is 2. The number of hydrogen-bond donors (Lipinski definition) is 2. The maximum atomic E-state index is 12.7. The molecule has 1 heterocycles. The molecule has 0 spiro atoms. The van der Waals surface area contributed by atoms with Crippen LogP contribution in [0.5, 0.6) is 0 Å². The largest absolute Gasteiger partial charge is 0.356 e. The molecule has 1 aliphatic heterocycles. The molecule has 0 amide bonds. The third kappa shape index (κ3) is 6.68. The summed E-state index contributed by atoms with van der Waals surface area (Å²) in [4.78, 5) is 4.66. The standard InChI is InChI=1S/C22H30N4O2S.HI/c1-18-7-6-8-20(15-18)17-25-22(23-2)24-16-19-11-13-26(14-12-19)29(27,28)21-9-4-3-5-10-21;/h3-10,15,19H,11-14,16-17H2,1-2H3,(H2,23,24,25);1H. The minimum absolute atomic E-state index is 0. The summed E-state index contributed by atoms with van der Waals surface area (Å²) in [6, 6.07) is 17.1. The van der Waals surface area contributed by atoms with Crippen molar-refractivity contribution in [3.05, 3.63) is 65.7 Å². The van der Waals surface area contributed by atoms with Crippen molar-refractivity contribution in [1.82, 2.24) is 14.9 Å². The minimum atomic E-state index is -3.39. The first-order valence-electron chi connectivity index (χ1n) is 10.0. The fourth-order valence-corrected chi connectivity index (χ4v) is 5.06. The van der Waals surface area contributed by atoms with E-state index >= 15 is 0 Å². The van der Waals surface area contributed by atoms with E-state index in [9.17, 15) is 8.42 Å². The second-order valence-corrected chi connectivity index (χ2v) is 9.39. The van der Waals surface area contributed by atoms with Gasteiger partial charge < -0.3 is 10.6 Å². The molecule has 3 rings (SSSR count). The number of hydrogen-bond acceptors (Lipinski definition) is 3. The van der Waals surface area contributed by atoms with Gasteiger partial charge in [0.15, 0.2) is 5.96 Å². The third-order valence-electron chi connectivity index (χ3n) is 5.28. The van der Waals surface area contributed by atoms with Crippen LogP contribution in [0.25, 0.3) is 0 Å². The first-order valence-corrected chi connectivity index (χ1v) is 11.5. The highest BCUT2D eigenvalue weighted by atomic mass is 127. The first-order chi connectivity index (χ1) is 14.0. The van der Waals surface area contributed by atoms with Crippen molar-refractivity contribution >= 4 is 40.0 Å². The maximum Gasteiger partial charge on any atom is 0.243 e. The molecule has 0 aromatic heterocycles. The van der Waals surface area contributed by atoms with Crippen LogP contribution in [0.2, 0.25) is 0 Å². The molecule has 0 atom stereocenters. The van der Waals surface area contributed by atoms with Crippen LogP contribution in [-0.4, -0.2) is 45.4 Å². The van der Waals surface area contributed by atoms with Crippen LogP contribution in [0, 0.1) is 12.8 Å². The second-order valence-electron chi connectivity index (χ2n) is 7.46. The summed E-state index contributed by atoms with van der Waals surface area (Å²) < 4.78 is 27.1. The van der Waals surface area contributed by atoms with Crippen molar-refractivity contribution < 1.29 is 8.42 Å². The number of rotatable bonds is 6. The molecule has 0 aliphatic carbocycles. The molecule has 30 heavy (non-hydrogen) atoms. The van der Waals surface area contributed by atoms with E-state index in [1.54, 1.807) is 35.6 Å². The van der Waals surface area contributed by atoms with Crippen LogP contribution in [0.15, 0.2) is 64.5 Å². The summed E-state index contributed by atoms with van der Waals surface area (Å²) in [6.45, 7) is 4.69. The first kappa shape index (κ1) is 24.6. The lowest BCUT2D eigenvalue weighted by atomic mass is 9.98. The van der Waals surface area contributed by atoms with Gasteiger partial charge in [-0.15, -0.1) is 24.0 Å². The zero-order valence-corrected chi connectivity index (χ0v) is 20.7. The van der Waals surface area contributed by atoms with Gasteiger partial charge in [-0.1, -0.05) is 48.0 Å². The number of guanidine groups is 1. The fraction of sp³-hybridized carbons (Fsp3) is 0.409. The number of sulfonamides is 1. The Bertz CT molecular complexity index is 927. The number of piperidine rings is 1. The van der Waals surface area contributed by atoms with E-state index in [4.69, 9.17) is 0 Å². The highest BCUT2D eigenvalue weighted by Crippen LogP contribution is 2.23. The predicted octanol–water partition coefficient (Wildman–Crippen LogP) is 3.38. The zero-order chi connectivity index (χ0) is 20.7. The summed E-state index contributed by atoms with van der Waals surface area (Å²) >= 11 is 0. The van der Waals surface area contributed by atoms with E-state index in [2.05, 4.69) is 46.8 Å². The average molecular weight is 542 g/mol. The van der Waals surface area contributed by atoms with Crippen molar-refractivity contribution in [2.75, 3.05) is 26.7 Å². The van der Waals surface area contributed by atoms with E-state index in [1.165, 1.54) is 11.1 Å². The van der Waals surface area contributed by atoms with Crippen molar-refractivity contribution in [3.8, 4) is 0 Å². The lowest BCUT2D eigenvalue weighted by molar-refractivity contribution is 0.273. The molecule has 8 heteroatoms. The molecule has 0 saturated carbocycles. The van der Waals surface area contributed by atoms with Crippen molar-refractivity contribution in [2.24, 2.45) is 10.9 Å². The molecule has 2 aromatic rings. The van der Waals surface area contributed by atoms with Gasteiger partial charge in [-0.25, -0.2) is 8.42 Å². The van der Waals surface area contributed by atoms with Crippen LogP contribution >= 0.6 is 24.0 Å². The molecular weight excluding hydrogens is 511 g/mol. The van der Waals surface area contributed by atoms with Gasteiger partial charge in [0.05, 0.1) is 4.90 Å². The lowest BCUT2D eigenvalue weighted by Crippen LogP contribution is -2.44. The minimum Gasteiger partial charge on any atom is -0.356 e. The molecule has 0 radical (unpaired) electrons. The number of aryl methyl sites for hydroxylation is 1. The lowest BCUT2D eigenvalue weighted by Gasteiger charge is -2.31. The van der Waals surface area contributed by atoms with E-state index < -0.39 is 10.0 Å². The molecule has 1 aliphatic rings. The van der Waals surface area contributed by atoms with Gasteiger partial charge in [0.1, 0.15) is 0 Å². The summed E-state index contributed by atoms with van der Waals surface area (Å²) in [5, 5.41) is 6.72. The molecule has 0 bridgehead atoms. The monoisotopic (exact) mass is 542 g/mol. The SMILES string of the molecule is CN=C(NCc1cccc(C)c1)NCC1CCN(S(=O)(=O)c2ccccc2)CC1.I. The highest BCUT2D eigenvalue weighted by Gasteiger charge is 2.29. The number of nitrogens with zero attached hydrogens (tertiary/aromatic N) is 2. The van der Waals surface area contributed by atoms with Crippen molar-refractivity contribution in [2.45, 2.75) is 31.2 Å². The molecule has 2 N–H and O–H groups in total. The van der Waals surface area contributed by atoms with Crippen molar-refractivity contribution in [3.63, 3.8) is 0 Å². The smallest absolute Gasteiger partial charge is 0.243 e. The van der Waals surface area contributed by atoms with Gasteiger partial charge in [-0.2, -0.15) is 4.31 Å². The summed E-state index contributed by atoms with van der Waals surface area (Å²) in [7, 11) is -1.62. The van der Waals surface area contributed by atoms with E-state index in [1.807, 2.05) is 6.07 Å². The van der Waals surface area contributed by atoms with Gasteiger partial charge in [0.2, 0.25) is 10.0 Å². The topological polar surface area (TPSA) is 73.8 Å². The summed E-state index contributed by atoms with van der Waals surface area (Å²) in [5.74, 6) is 1.19. The molecule has 6 nitrogen and oxygen atoms in total. The normalized spacial score (nSPS) is 16.0. The Hall–Kier alpha value is -1.65. The third-order valence-corrected chi connectivity index (χ3v) is 7.19. The van der Waals surface area contributed by atoms with E-state index in [0.717, 1.165) is 31.9 Å². The zero-order valence-electron chi connectivity index (χ0n) is 17.5. The van der Waals surface area contributed by atoms with Crippen molar-refractivity contribution in [1.29, 1.82) is 0 Å². The molecule has 1 saturated heterocycles. The van der Waals surface area contributed by atoms with Gasteiger partial charge in [-0.3, -0.25) is 4.99 Å². The van der Waals surface area contributed by atoms with Crippen LogP contribution in [-0.2, 0) is 16.6 Å². The Labute approximate surface area is 197 Å². The van der Waals surface area contributed by atoms with Gasteiger partial charge in [0.25, 0.3) is 0 Å². The van der Waals surface area contributed by atoms with E-state index in [0.29, 0.717) is 23.9 Å². The highest BCUT2D eigenvalue weighted by molar-refractivity contribution is 14.0.